The van der Waals surface area contributed by atoms with Gasteiger partial charge in [0, 0.05) is 10.7 Å². The van der Waals surface area contributed by atoms with Crippen LogP contribution in [0.15, 0.2) is 24.3 Å². The first-order valence-corrected chi connectivity index (χ1v) is 5.65. The molecule has 0 saturated heterocycles. The zero-order chi connectivity index (χ0) is 12.1. The fraction of sp³-hybridized carbons (Fsp3) is 0.417. The predicted molar refractivity (Wildman–Crippen MR) is 67.8 cm³/mol. The van der Waals surface area contributed by atoms with Crippen LogP contribution in [0.5, 0.6) is 0 Å². The fourth-order valence-electron chi connectivity index (χ4n) is 1.58. The number of carbonyl (C=O) groups is 1. The number of amides is 1. The van der Waals surface area contributed by atoms with Crippen molar-refractivity contribution in [1.29, 1.82) is 0 Å². The van der Waals surface area contributed by atoms with Crippen LogP contribution in [0.4, 0.5) is 5.69 Å². The molecule has 16 heavy (non-hydrogen) atoms. The summed E-state index contributed by atoms with van der Waals surface area (Å²) in [4.78, 5) is 13.8. The highest BCUT2D eigenvalue weighted by Gasteiger charge is 2.18. The summed E-state index contributed by atoms with van der Waals surface area (Å²) < 4.78 is 0. The summed E-state index contributed by atoms with van der Waals surface area (Å²) in [6, 6.07) is 7.04. The van der Waals surface area contributed by atoms with Gasteiger partial charge in [0.15, 0.2) is 0 Å². The highest BCUT2D eigenvalue weighted by Crippen LogP contribution is 2.15. The average molecular weight is 241 g/mol. The first-order valence-electron chi connectivity index (χ1n) is 5.27. The maximum Gasteiger partial charge on any atom is 0.241 e. The van der Waals surface area contributed by atoms with Crippen LogP contribution in [0.25, 0.3) is 0 Å². The summed E-state index contributed by atoms with van der Waals surface area (Å²) in [6.45, 7) is 1.99. The Kier molecular flexibility index (Phi) is 4.77. The van der Waals surface area contributed by atoms with Crippen LogP contribution in [0, 0.1) is 0 Å². The van der Waals surface area contributed by atoms with Gasteiger partial charge in [-0.1, -0.05) is 24.6 Å². The third-order valence-corrected chi connectivity index (χ3v) is 2.64. The Morgan fingerprint density at radius 2 is 2.19 bits per heavy atom. The van der Waals surface area contributed by atoms with Crippen molar-refractivity contribution in [1.82, 2.24) is 4.90 Å². The molecule has 88 valence electrons. The zero-order valence-electron chi connectivity index (χ0n) is 9.83. The minimum absolute atomic E-state index is 0.00485. The number of likely N-dealkylation sites (N-methyl/N-ethyl adjacent to an activating group) is 1. The Hall–Kier alpha value is -1.06. The van der Waals surface area contributed by atoms with Gasteiger partial charge in [-0.15, -0.1) is 0 Å². The Morgan fingerprint density at radius 1 is 1.50 bits per heavy atom. The minimum Gasteiger partial charge on any atom is -0.325 e. The topological polar surface area (TPSA) is 32.3 Å². The van der Waals surface area contributed by atoms with Crippen LogP contribution in [0.2, 0.25) is 5.02 Å². The Balaban J connectivity index is 2.70. The van der Waals surface area contributed by atoms with Gasteiger partial charge in [-0.3, -0.25) is 9.69 Å². The Labute approximate surface area is 101 Å². The number of halogens is 1. The molecule has 0 aliphatic carbocycles. The number of benzene rings is 1. The number of nitrogens with one attached hydrogen (secondary N) is 1. The number of hydrogen-bond acceptors (Lipinski definition) is 2. The lowest BCUT2D eigenvalue weighted by atomic mass is 10.2. The molecule has 1 aromatic carbocycles. The molecule has 0 saturated carbocycles. The molecule has 1 amide bonds. The van der Waals surface area contributed by atoms with Crippen LogP contribution in [0.3, 0.4) is 0 Å². The average Bonchev–Trinajstić information content (AvgIpc) is 2.17. The molecule has 0 aromatic heterocycles. The van der Waals surface area contributed by atoms with Gasteiger partial charge in [-0.2, -0.15) is 0 Å². The molecule has 0 spiro atoms. The SMILES string of the molecule is CC[C@@H](C(=O)Nc1cccc(Cl)c1)N(C)C. The van der Waals surface area contributed by atoms with E-state index in [1.54, 1.807) is 12.1 Å². The second-order valence-corrected chi connectivity index (χ2v) is 4.32. The summed E-state index contributed by atoms with van der Waals surface area (Å²) in [5, 5.41) is 3.47. The van der Waals surface area contributed by atoms with E-state index in [0.29, 0.717) is 5.02 Å². The smallest absolute Gasteiger partial charge is 0.241 e. The van der Waals surface area contributed by atoms with E-state index in [-0.39, 0.29) is 11.9 Å². The summed E-state index contributed by atoms with van der Waals surface area (Å²) >= 11 is 5.84. The lowest BCUT2D eigenvalue weighted by Gasteiger charge is -2.21. The Morgan fingerprint density at radius 3 is 2.69 bits per heavy atom. The largest absolute Gasteiger partial charge is 0.325 e. The van der Waals surface area contributed by atoms with Crippen molar-refractivity contribution in [3.05, 3.63) is 29.3 Å². The molecule has 3 nitrogen and oxygen atoms in total. The summed E-state index contributed by atoms with van der Waals surface area (Å²) in [7, 11) is 3.79. The quantitative estimate of drug-likeness (QED) is 0.878. The van der Waals surface area contributed by atoms with E-state index in [4.69, 9.17) is 11.6 Å². The molecule has 0 bridgehead atoms. The summed E-state index contributed by atoms with van der Waals surface area (Å²) in [5.41, 5.74) is 0.734. The van der Waals surface area contributed by atoms with E-state index < -0.39 is 0 Å². The molecule has 1 aromatic rings. The van der Waals surface area contributed by atoms with Crippen LogP contribution in [-0.4, -0.2) is 30.9 Å². The molecule has 0 radical (unpaired) electrons. The fourth-order valence-corrected chi connectivity index (χ4v) is 1.77. The molecule has 0 aliphatic heterocycles. The maximum absolute atomic E-state index is 11.9. The molecule has 1 rings (SSSR count). The highest BCUT2D eigenvalue weighted by molar-refractivity contribution is 6.30. The molecule has 0 fully saturated rings. The van der Waals surface area contributed by atoms with Gasteiger partial charge < -0.3 is 5.32 Å². The van der Waals surface area contributed by atoms with Crippen molar-refractivity contribution >= 4 is 23.2 Å². The number of anilines is 1. The van der Waals surface area contributed by atoms with Gasteiger partial charge in [0.1, 0.15) is 0 Å². The van der Waals surface area contributed by atoms with Gasteiger partial charge in [-0.25, -0.2) is 0 Å². The van der Waals surface area contributed by atoms with Crippen molar-refractivity contribution in [3.8, 4) is 0 Å². The van der Waals surface area contributed by atoms with Gasteiger partial charge in [0.2, 0.25) is 5.91 Å². The first kappa shape index (κ1) is 13.0. The van der Waals surface area contributed by atoms with Crippen molar-refractivity contribution in [2.75, 3.05) is 19.4 Å². The predicted octanol–water partition coefficient (Wildman–Crippen LogP) is 2.62. The second kappa shape index (κ2) is 5.87. The third kappa shape index (κ3) is 3.51. The van der Waals surface area contributed by atoms with Crippen molar-refractivity contribution < 1.29 is 4.79 Å². The number of hydrogen-bond donors (Lipinski definition) is 1. The Bertz CT molecular complexity index is 366. The van der Waals surface area contributed by atoms with Crippen LogP contribution in [-0.2, 0) is 4.79 Å². The van der Waals surface area contributed by atoms with Crippen molar-refractivity contribution in [3.63, 3.8) is 0 Å². The number of carbonyl (C=O) groups excluding carboxylic acids is 1. The number of nitrogens with zero attached hydrogens (tertiary/aromatic N) is 1. The van der Waals surface area contributed by atoms with E-state index in [1.807, 2.05) is 38.1 Å². The molecule has 0 aliphatic rings. The lowest BCUT2D eigenvalue weighted by molar-refractivity contribution is -0.120. The molecule has 0 heterocycles. The van der Waals surface area contributed by atoms with E-state index >= 15 is 0 Å². The van der Waals surface area contributed by atoms with Gasteiger partial charge >= 0.3 is 0 Å². The molecule has 4 heteroatoms. The monoisotopic (exact) mass is 240 g/mol. The maximum atomic E-state index is 11.9. The van der Waals surface area contributed by atoms with E-state index in [2.05, 4.69) is 5.32 Å². The second-order valence-electron chi connectivity index (χ2n) is 3.89. The van der Waals surface area contributed by atoms with E-state index in [1.165, 1.54) is 0 Å². The lowest BCUT2D eigenvalue weighted by Crippen LogP contribution is -2.39. The van der Waals surface area contributed by atoms with Gasteiger partial charge in [0.05, 0.1) is 6.04 Å². The van der Waals surface area contributed by atoms with Crippen LogP contribution >= 0.6 is 11.6 Å². The first-order chi connectivity index (χ1) is 7.54. The van der Waals surface area contributed by atoms with Gasteiger partial charge in [-0.05, 0) is 38.7 Å². The normalized spacial score (nSPS) is 12.6. The molecule has 1 atom stereocenters. The third-order valence-electron chi connectivity index (χ3n) is 2.40. The van der Waals surface area contributed by atoms with Gasteiger partial charge in [0.25, 0.3) is 0 Å². The molecular weight excluding hydrogens is 224 g/mol. The summed E-state index contributed by atoms with van der Waals surface area (Å²) in [6.07, 6.45) is 0.777. The highest BCUT2D eigenvalue weighted by atomic mass is 35.5. The van der Waals surface area contributed by atoms with Crippen molar-refractivity contribution in [2.45, 2.75) is 19.4 Å². The molecule has 0 unspecified atom stereocenters. The number of rotatable bonds is 4. The summed E-state index contributed by atoms with van der Waals surface area (Å²) in [5.74, 6) is -0.00485. The van der Waals surface area contributed by atoms with Crippen molar-refractivity contribution in [2.24, 2.45) is 0 Å². The zero-order valence-corrected chi connectivity index (χ0v) is 10.6. The van der Waals surface area contributed by atoms with E-state index in [9.17, 15) is 4.79 Å². The van der Waals surface area contributed by atoms with E-state index in [0.717, 1.165) is 12.1 Å². The van der Waals surface area contributed by atoms with Crippen LogP contribution in [0.1, 0.15) is 13.3 Å². The standard InChI is InChI=1S/C12H17ClN2O/c1-4-11(15(2)3)12(16)14-10-7-5-6-9(13)8-10/h5-8,11H,4H2,1-3H3,(H,14,16)/t11-/m0/s1. The molecule has 1 N–H and O–H groups in total. The minimum atomic E-state index is -0.112. The van der Waals surface area contributed by atoms with Crippen LogP contribution < -0.4 is 5.32 Å². The molecular formula is C12H17ClN2O.